The van der Waals surface area contributed by atoms with Crippen LogP contribution in [0.15, 0.2) is 36.4 Å². The van der Waals surface area contributed by atoms with Gasteiger partial charge in [0.15, 0.2) is 0 Å². The number of rotatable bonds is 4. The summed E-state index contributed by atoms with van der Waals surface area (Å²) in [5, 5.41) is 2.25. The second-order valence-electron chi connectivity index (χ2n) is 5.56. The average molecular weight is 332 g/mol. The first kappa shape index (κ1) is 17.2. The Morgan fingerprint density at radius 1 is 1.13 bits per heavy atom. The second kappa shape index (κ2) is 6.96. The van der Waals surface area contributed by atoms with Crippen molar-refractivity contribution in [2.75, 3.05) is 7.11 Å². The molecule has 5 heteroatoms. The number of hydrogen-bond acceptors (Lipinski definition) is 5. The maximum Gasteiger partial charge on any atom is 0.365 e. The molecular weight excluding hydrogens is 312 g/mol. The van der Waals surface area contributed by atoms with E-state index in [4.69, 9.17) is 26.7 Å². The van der Waals surface area contributed by atoms with Crippen LogP contribution in [0.3, 0.4) is 0 Å². The summed E-state index contributed by atoms with van der Waals surface area (Å²) < 4.78 is 5.23. The molecule has 0 bridgehead atoms. The lowest BCUT2D eigenvalue weighted by Crippen LogP contribution is -2.34. The molecule has 1 atom stereocenters. The van der Waals surface area contributed by atoms with Crippen molar-refractivity contribution in [1.82, 2.24) is 0 Å². The smallest absolute Gasteiger partial charge is 0.365 e. The Bertz CT molecular complexity index is 741. The van der Waals surface area contributed by atoms with Crippen molar-refractivity contribution in [1.29, 1.82) is 0 Å². The topological polar surface area (TPSA) is 44.8 Å². The third-order valence-corrected chi connectivity index (χ3v) is 4.14. The van der Waals surface area contributed by atoms with Crippen LogP contribution in [0.4, 0.5) is 0 Å². The maximum atomic E-state index is 12.4. The monoisotopic (exact) mass is 332 g/mol. The van der Waals surface area contributed by atoms with Gasteiger partial charge in [0.1, 0.15) is 5.75 Å². The third-order valence-electron chi connectivity index (χ3n) is 4.08. The Balaban J connectivity index is 2.38. The lowest BCUT2D eigenvalue weighted by Gasteiger charge is -2.25. The van der Waals surface area contributed by atoms with Crippen LogP contribution in [0, 0.1) is 0 Å². The fourth-order valence-corrected chi connectivity index (χ4v) is 2.38. The zero-order valence-corrected chi connectivity index (χ0v) is 14.5. The van der Waals surface area contributed by atoms with E-state index >= 15 is 0 Å². The number of fused-ring (bicyclic) bond motifs is 1. The summed E-state index contributed by atoms with van der Waals surface area (Å²) in [5.74, 6) is 0.338. The Labute approximate surface area is 141 Å². The summed E-state index contributed by atoms with van der Waals surface area (Å²) in [6.45, 7) is 5.32. The Morgan fingerprint density at radius 2 is 1.78 bits per heavy atom. The Hall–Kier alpha value is -2.14. The van der Waals surface area contributed by atoms with Gasteiger partial charge in [-0.3, -0.25) is 4.89 Å². The number of thiocarbonyl (C=S) groups is 1. The molecule has 2 aromatic rings. The van der Waals surface area contributed by atoms with Gasteiger partial charge in [-0.05, 0) is 54.0 Å². The van der Waals surface area contributed by atoms with Crippen molar-refractivity contribution in [3.05, 3.63) is 42.0 Å². The summed E-state index contributed by atoms with van der Waals surface area (Å²) in [7, 11) is 1.64. The highest BCUT2D eigenvalue weighted by atomic mass is 32.1. The van der Waals surface area contributed by atoms with Crippen LogP contribution in [-0.2, 0) is 20.0 Å². The summed E-state index contributed by atoms with van der Waals surface area (Å²) in [5.41, 5.74) is 0.0621. The first-order valence-electron chi connectivity index (χ1n) is 7.38. The van der Waals surface area contributed by atoms with Gasteiger partial charge in [-0.1, -0.05) is 31.2 Å². The standard InChI is InChI=1S/C18H20O4S/c1-5-18(3,17(19)22-21-12(2)23)15-8-6-14-11-16(20-4)9-7-13(14)10-15/h6-11H,5H2,1-4H3. The minimum Gasteiger partial charge on any atom is -0.497 e. The van der Waals surface area contributed by atoms with E-state index in [-0.39, 0.29) is 5.05 Å². The van der Waals surface area contributed by atoms with Crippen molar-refractivity contribution in [3.8, 4) is 5.75 Å². The highest BCUT2D eigenvalue weighted by molar-refractivity contribution is 7.80. The molecule has 0 N–H and O–H groups in total. The normalized spacial score (nSPS) is 13.2. The Morgan fingerprint density at radius 3 is 2.39 bits per heavy atom. The van der Waals surface area contributed by atoms with Gasteiger partial charge in [0.2, 0.25) is 5.05 Å². The molecule has 2 rings (SSSR count). The van der Waals surface area contributed by atoms with Gasteiger partial charge in [0.05, 0.1) is 12.5 Å². The summed E-state index contributed by atoms with van der Waals surface area (Å²) in [4.78, 5) is 22.0. The SMILES string of the molecule is CCC(C)(C(=O)OOC(C)=S)c1ccc2cc(OC)ccc2c1. The van der Waals surface area contributed by atoms with E-state index in [0.717, 1.165) is 22.1 Å². The average Bonchev–Trinajstić information content (AvgIpc) is 2.57. The van der Waals surface area contributed by atoms with E-state index in [2.05, 4.69) is 0 Å². The molecule has 23 heavy (non-hydrogen) atoms. The predicted octanol–water partition coefficient (Wildman–Crippen LogP) is 4.34. The first-order chi connectivity index (χ1) is 10.9. The molecule has 0 radical (unpaired) electrons. The lowest BCUT2D eigenvalue weighted by atomic mass is 9.79. The van der Waals surface area contributed by atoms with Gasteiger partial charge >= 0.3 is 5.97 Å². The molecule has 0 aliphatic heterocycles. The molecule has 0 fully saturated rings. The largest absolute Gasteiger partial charge is 0.497 e. The number of carbonyl (C=O) groups excluding carboxylic acids is 1. The van der Waals surface area contributed by atoms with E-state index in [1.807, 2.05) is 50.2 Å². The number of carbonyl (C=O) groups is 1. The molecule has 1 unspecified atom stereocenters. The van der Waals surface area contributed by atoms with Gasteiger partial charge in [0, 0.05) is 6.92 Å². The summed E-state index contributed by atoms with van der Waals surface area (Å²) >= 11 is 4.77. The van der Waals surface area contributed by atoms with Crippen molar-refractivity contribution < 1.29 is 19.3 Å². The molecule has 0 saturated heterocycles. The molecule has 0 aliphatic rings. The first-order valence-corrected chi connectivity index (χ1v) is 7.79. The molecule has 122 valence electrons. The highest BCUT2D eigenvalue weighted by Gasteiger charge is 2.36. The van der Waals surface area contributed by atoms with Crippen LogP contribution >= 0.6 is 12.2 Å². The maximum absolute atomic E-state index is 12.4. The second-order valence-corrected chi connectivity index (χ2v) is 6.13. The molecule has 0 amide bonds. The van der Waals surface area contributed by atoms with Gasteiger partial charge < -0.3 is 4.74 Å². The van der Waals surface area contributed by atoms with Crippen molar-refractivity contribution >= 4 is 34.0 Å². The molecular formula is C18H20O4S. The van der Waals surface area contributed by atoms with Crippen molar-refractivity contribution in [2.45, 2.75) is 32.6 Å². The van der Waals surface area contributed by atoms with Crippen molar-refractivity contribution in [2.24, 2.45) is 0 Å². The van der Waals surface area contributed by atoms with Crippen LogP contribution in [0.5, 0.6) is 5.75 Å². The molecule has 2 aromatic carbocycles. The van der Waals surface area contributed by atoms with Crippen LogP contribution in [0.1, 0.15) is 32.8 Å². The predicted molar refractivity (Wildman–Crippen MR) is 93.6 cm³/mol. The lowest BCUT2D eigenvalue weighted by molar-refractivity contribution is -0.227. The van der Waals surface area contributed by atoms with E-state index in [0.29, 0.717) is 6.42 Å². The number of ether oxygens (including phenoxy) is 1. The molecule has 0 spiro atoms. The van der Waals surface area contributed by atoms with Crippen LogP contribution in [-0.4, -0.2) is 18.1 Å². The number of methoxy groups -OCH3 is 1. The fraction of sp³-hybridized carbons (Fsp3) is 0.333. The molecule has 4 nitrogen and oxygen atoms in total. The summed E-state index contributed by atoms with van der Waals surface area (Å²) in [6.07, 6.45) is 0.577. The molecule has 0 aromatic heterocycles. The quantitative estimate of drug-likeness (QED) is 0.473. The van der Waals surface area contributed by atoms with Crippen LogP contribution in [0.25, 0.3) is 10.8 Å². The van der Waals surface area contributed by atoms with Crippen molar-refractivity contribution in [3.63, 3.8) is 0 Å². The van der Waals surface area contributed by atoms with E-state index in [1.54, 1.807) is 14.0 Å². The molecule has 0 saturated carbocycles. The van der Waals surface area contributed by atoms with Gasteiger partial charge in [-0.25, -0.2) is 9.68 Å². The highest BCUT2D eigenvalue weighted by Crippen LogP contribution is 2.32. The third kappa shape index (κ3) is 3.62. The van der Waals surface area contributed by atoms with E-state index in [1.165, 1.54) is 0 Å². The van der Waals surface area contributed by atoms with Crippen LogP contribution < -0.4 is 4.74 Å². The molecule has 0 aliphatic carbocycles. The zero-order chi connectivity index (χ0) is 17.0. The number of benzene rings is 2. The van der Waals surface area contributed by atoms with E-state index < -0.39 is 11.4 Å². The van der Waals surface area contributed by atoms with Gasteiger partial charge in [-0.2, -0.15) is 0 Å². The number of hydrogen-bond donors (Lipinski definition) is 0. The summed E-state index contributed by atoms with van der Waals surface area (Å²) in [6, 6.07) is 11.7. The van der Waals surface area contributed by atoms with E-state index in [9.17, 15) is 4.79 Å². The Kier molecular flexibility index (Phi) is 5.21. The minimum absolute atomic E-state index is 0.169. The molecule has 0 heterocycles. The fourth-order valence-electron chi connectivity index (χ4n) is 2.35. The van der Waals surface area contributed by atoms with Crippen LogP contribution in [0.2, 0.25) is 0 Å². The van der Waals surface area contributed by atoms with Gasteiger partial charge in [0.25, 0.3) is 0 Å². The minimum atomic E-state index is -0.807. The van der Waals surface area contributed by atoms with Gasteiger partial charge in [-0.15, -0.1) is 0 Å². The zero-order valence-electron chi connectivity index (χ0n) is 13.7.